The highest BCUT2D eigenvalue weighted by Crippen LogP contribution is 2.19. The third-order valence-corrected chi connectivity index (χ3v) is 5.58. The van der Waals surface area contributed by atoms with E-state index in [-0.39, 0.29) is 23.2 Å². The molecule has 0 bridgehead atoms. The van der Waals surface area contributed by atoms with Gasteiger partial charge in [-0.1, -0.05) is 6.92 Å². The summed E-state index contributed by atoms with van der Waals surface area (Å²) >= 11 is 5.55. The lowest BCUT2D eigenvalue weighted by atomic mass is 10.2. The van der Waals surface area contributed by atoms with Crippen molar-refractivity contribution in [2.75, 3.05) is 18.7 Å². The van der Waals surface area contributed by atoms with Crippen molar-refractivity contribution in [3.8, 4) is 0 Å². The first-order chi connectivity index (χ1) is 9.08. The van der Waals surface area contributed by atoms with Crippen LogP contribution in [0.1, 0.15) is 6.92 Å². The number of hydrogen-bond acceptors (Lipinski definition) is 4. The summed E-state index contributed by atoms with van der Waals surface area (Å²) in [7, 11) is -7.75. The van der Waals surface area contributed by atoms with Gasteiger partial charge in [0.15, 0.2) is 9.84 Å². The third kappa shape index (κ3) is 4.41. The number of rotatable bonds is 6. The number of sulfone groups is 1. The minimum atomic E-state index is -4.13. The molecular weight excluding hydrogens is 329 g/mol. The van der Waals surface area contributed by atoms with E-state index >= 15 is 0 Å². The topological polar surface area (TPSA) is 80.3 Å². The minimum Gasteiger partial charge on any atom is -0.224 e. The fourth-order valence-electron chi connectivity index (χ4n) is 1.30. The van der Waals surface area contributed by atoms with Gasteiger partial charge >= 0.3 is 0 Å². The molecule has 0 saturated carbocycles. The normalized spacial score (nSPS) is 14.2. The fraction of sp³-hybridized carbons (Fsp3) is 0.455. The Morgan fingerprint density at radius 3 is 2.40 bits per heavy atom. The molecule has 114 valence electrons. The van der Waals surface area contributed by atoms with Gasteiger partial charge in [0.25, 0.3) is 0 Å². The van der Waals surface area contributed by atoms with Crippen molar-refractivity contribution >= 4 is 31.5 Å². The second-order valence-corrected chi connectivity index (χ2v) is 8.54. The number of benzene rings is 1. The van der Waals surface area contributed by atoms with Gasteiger partial charge in [-0.2, -0.15) is 0 Å². The van der Waals surface area contributed by atoms with Gasteiger partial charge in [-0.3, -0.25) is 0 Å². The molecule has 0 fully saturated rings. The van der Waals surface area contributed by atoms with Crippen molar-refractivity contribution in [3.63, 3.8) is 0 Å². The zero-order valence-electron chi connectivity index (χ0n) is 10.9. The molecular formula is C11H15ClFNO4S2. The van der Waals surface area contributed by atoms with Gasteiger partial charge < -0.3 is 0 Å². The number of hydrogen-bond donors (Lipinski definition) is 1. The van der Waals surface area contributed by atoms with Crippen LogP contribution in [0, 0.1) is 11.7 Å². The summed E-state index contributed by atoms with van der Waals surface area (Å²) in [5.41, 5.74) is 0. The number of halogens is 2. The van der Waals surface area contributed by atoms with Crippen molar-refractivity contribution in [2.45, 2.75) is 16.7 Å². The van der Waals surface area contributed by atoms with Gasteiger partial charge in [-0.15, -0.1) is 11.6 Å². The maximum atomic E-state index is 13.6. The summed E-state index contributed by atoms with van der Waals surface area (Å²) in [6, 6.07) is 2.64. The van der Waals surface area contributed by atoms with E-state index in [9.17, 15) is 21.2 Å². The second kappa shape index (κ2) is 6.38. The van der Waals surface area contributed by atoms with Gasteiger partial charge in [0.05, 0.1) is 4.90 Å². The fourth-order valence-corrected chi connectivity index (χ4v) is 3.40. The van der Waals surface area contributed by atoms with Gasteiger partial charge in [-0.05, 0) is 24.1 Å². The predicted octanol–water partition coefficient (Wildman–Crippen LogP) is 1.38. The third-order valence-electron chi connectivity index (χ3n) is 2.51. The molecule has 1 aromatic carbocycles. The van der Waals surface area contributed by atoms with E-state index < -0.39 is 30.6 Å². The largest absolute Gasteiger partial charge is 0.243 e. The zero-order chi connectivity index (χ0) is 15.6. The molecule has 1 atom stereocenters. The van der Waals surface area contributed by atoms with Crippen LogP contribution in [0.15, 0.2) is 28.0 Å². The molecule has 1 rings (SSSR count). The summed E-state index contributed by atoms with van der Waals surface area (Å²) < 4.78 is 62.5. The highest BCUT2D eigenvalue weighted by atomic mass is 35.5. The number of nitrogens with one attached hydrogen (secondary N) is 1. The van der Waals surface area contributed by atoms with Crippen molar-refractivity contribution in [1.82, 2.24) is 4.72 Å². The molecule has 9 heteroatoms. The van der Waals surface area contributed by atoms with Crippen LogP contribution < -0.4 is 4.72 Å². The molecule has 0 radical (unpaired) electrons. The first-order valence-corrected chi connectivity index (χ1v) is 9.54. The molecule has 1 aromatic rings. The van der Waals surface area contributed by atoms with Gasteiger partial charge in [0.2, 0.25) is 10.0 Å². The molecule has 1 N–H and O–H groups in total. The lowest BCUT2D eigenvalue weighted by Crippen LogP contribution is -2.29. The lowest BCUT2D eigenvalue weighted by molar-refractivity contribution is 0.543. The Kier molecular flexibility index (Phi) is 5.54. The minimum absolute atomic E-state index is 0.0361. The van der Waals surface area contributed by atoms with Gasteiger partial charge in [0.1, 0.15) is 10.7 Å². The van der Waals surface area contributed by atoms with E-state index in [4.69, 9.17) is 11.6 Å². The quantitative estimate of drug-likeness (QED) is 0.625. The second-order valence-electron chi connectivity index (χ2n) is 4.48. The number of sulfonamides is 1. The van der Waals surface area contributed by atoms with E-state index in [1.54, 1.807) is 6.92 Å². The molecule has 0 aliphatic heterocycles. The van der Waals surface area contributed by atoms with Crippen molar-refractivity contribution in [2.24, 2.45) is 5.92 Å². The standard InChI is InChI=1S/C11H15ClFNO4S2/c1-8(6-12)7-14-20(17,18)11-5-9(19(2,15)16)3-4-10(11)13/h3-5,8,14H,6-7H2,1-2H3. The lowest BCUT2D eigenvalue weighted by Gasteiger charge is -2.11. The summed E-state index contributed by atoms with van der Waals surface area (Å²) in [4.78, 5) is -0.952. The van der Waals surface area contributed by atoms with Crippen LogP contribution in [0.2, 0.25) is 0 Å². The van der Waals surface area contributed by atoms with Gasteiger partial charge in [0, 0.05) is 18.7 Å². The van der Waals surface area contributed by atoms with Crippen LogP contribution in [0.5, 0.6) is 0 Å². The molecule has 20 heavy (non-hydrogen) atoms. The maximum Gasteiger partial charge on any atom is 0.243 e. The molecule has 0 aliphatic rings. The molecule has 0 heterocycles. The SMILES string of the molecule is CC(CCl)CNS(=O)(=O)c1cc(S(C)(=O)=O)ccc1F. The average Bonchev–Trinajstić information content (AvgIpc) is 2.34. The zero-order valence-corrected chi connectivity index (χ0v) is 13.3. The Labute approximate surface area is 123 Å². The Balaban J connectivity index is 3.18. The van der Waals surface area contributed by atoms with Crippen molar-refractivity contribution < 1.29 is 21.2 Å². The highest BCUT2D eigenvalue weighted by Gasteiger charge is 2.22. The molecule has 0 amide bonds. The molecule has 0 spiro atoms. The van der Waals surface area contributed by atoms with Crippen LogP contribution in [0.4, 0.5) is 4.39 Å². The smallest absolute Gasteiger partial charge is 0.224 e. The van der Waals surface area contributed by atoms with Crippen LogP contribution in [-0.2, 0) is 19.9 Å². The van der Waals surface area contributed by atoms with Gasteiger partial charge in [-0.25, -0.2) is 25.9 Å². The van der Waals surface area contributed by atoms with E-state index in [1.807, 2.05) is 0 Å². The van der Waals surface area contributed by atoms with Crippen LogP contribution in [-0.4, -0.2) is 35.5 Å². The molecule has 1 unspecified atom stereocenters. The monoisotopic (exact) mass is 343 g/mol. The van der Waals surface area contributed by atoms with Crippen LogP contribution >= 0.6 is 11.6 Å². The summed E-state index contributed by atoms with van der Waals surface area (Å²) in [5, 5.41) is 0. The summed E-state index contributed by atoms with van der Waals surface area (Å²) in [6.45, 7) is 1.76. The number of alkyl halides is 1. The summed E-state index contributed by atoms with van der Waals surface area (Å²) in [6.07, 6.45) is 0.916. The van der Waals surface area contributed by atoms with E-state index in [1.165, 1.54) is 0 Å². The maximum absolute atomic E-state index is 13.6. The highest BCUT2D eigenvalue weighted by molar-refractivity contribution is 7.91. The Hall–Kier alpha value is -0.700. The van der Waals surface area contributed by atoms with Crippen molar-refractivity contribution in [1.29, 1.82) is 0 Å². The Morgan fingerprint density at radius 1 is 1.30 bits per heavy atom. The predicted molar refractivity (Wildman–Crippen MR) is 74.6 cm³/mol. The van der Waals surface area contributed by atoms with E-state index in [2.05, 4.69) is 4.72 Å². The average molecular weight is 344 g/mol. The molecule has 0 aliphatic carbocycles. The van der Waals surface area contributed by atoms with Crippen molar-refractivity contribution in [3.05, 3.63) is 24.0 Å². The first kappa shape index (κ1) is 17.4. The van der Waals surface area contributed by atoms with Crippen LogP contribution in [0.3, 0.4) is 0 Å². The Morgan fingerprint density at radius 2 is 1.90 bits per heavy atom. The molecule has 5 nitrogen and oxygen atoms in total. The summed E-state index contributed by atoms with van der Waals surface area (Å²) in [5.74, 6) is -0.898. The molecule has 0 aromatic heterocycles. The van der Waals surface area contributed by atoms with Crippen LogP contribution in [0.25, 0.3) is 0 Å². The van der Waals surface area contributed by atoms with E-state index in [0.29, 0.717) is 0 Å². The Bertz CT molecular complexity index is 688. The van der Waals surface area contributed by atoms with E-state index in [0.717, 1.165) is 24.5 Å². The first-order valence-electron chi connectivity index (χ1n) is 5.63. The molecule has 0 saturated heterocycles.